The Balaban J connectivity index is 2.55. The highest BCUT2D eigenvalue weighted by Gasteiger charge is 2.09. The lowest BCUT2D eigenvalue weighted by Gasteiger charge is -1.99. The Kier molecular flexibility index (Phi) is 2.17. The summed E-state index contributed by atoms with van der Waals surface area (Å²) in [5.41, 5.74) is 5.96. The van der Waals surface area contributed by atoms with Crippen LogP contribution in [0.3, 0.4) is 0 Å². The number of aromatic nitrogens is 1. The van der Waals surface area contributed by atoms with Gasteiger partial charge in [0.05, 0.1) is 5.56 Å². The van der Waals surface area contributed by atoms with Crippen molar-refractivity contribution in [1.82, 2.24) is 5.16 Å². The van der Waals surface area contributed by atoms with E-state index in [0.717, 1.165) is 4.47 Å². The molecular weight excluding hydrogens is 248 g/mol. The number of rotatable bonds is 1. The van der Waals surface area contributed by atoms with Gasteiger partial charge in [0.1, 0.15) is 5.75 Å². The van der Waals surface area contributed by atoms with Crippen molar-refractivity contribution < 1.29 is 9.63 Å². The molecule has 2 rings (SSSR count). The molecule has 2 aromatic rings. The molecule has 72 valence electrons. The summed E-state index contributed by atoms with van der Waals surface area (Å²) in [6.07, 6.45) is 0. The quantitative estimate of drug-likeness (QED) is 0.820. The topological polar surface area (TPSA) is 72.3 Å². The van der Waals surface area contributed by atoms with Crippen LogP contribution in [0.4, 0.5) is 5.82 Å². The zero-order valence-electron chi connectivity index (χ0n) is 7.07. The van der Waals surface area contributed by atoms with Crippen LogP contribution >= 0.6 is 15.9 Å². The monoisotopic (exact) mass is 254 g/mol. The molecule has 0 spiro atoms. The van der Waals surface area contributed by atoms with E-state index in [1.807, 2.05) is 0 Å². The maximum atomic E-state index is 9.55. The SMILES string of the molecule is Nc1cc(-c2cc(Br)ccc2O)on1. The van der Waals surface area contributed by atoms with E-state index in [1.165, 1.54) is 0 Å². The Morgan fingerprint density at radius 3 is 2.79 bits per heavy atom. The molecule has 0 radical (unpaired) electrons. The Morgan fingerprint density at radius 1 is 1.36 bits per heavy atom. The second-order valence-corrected chi connectivity index (χ2v) is 3.69. The second-order valence-electron chi connectivity index (χ2n) is 2.78. The zero-order valence-corrected chi connectivity index (χ0v) is 8.65. The first kappa shape index (κ1) is 9.08. The van der Waals surface area contributed by atoms with Gasteiger partial charge in [0.15, 0.2) is 11.6 Å². The standard InChI is InChI=1S/C9H7BrN2O2/c10-5-1-2-7(13)6(3-5)8-4-9(11)12-14-8/h1-4,13H,(H2,11,12). The minimum Gasteiger partial charge on any atom is -0.507 e. The van der Waals surface area contributed by atoms with E-state index in [0.29, 0.717) is 17.1 Å². The number of aromatic hydroxyl groups is 1. The van der Waals surface area contributed by atoms with E-state index in [9.17, 15) is 5.11 Å². The highest BCUT2D eigenvalue weighted by molar-refractivity contribution is 9.10. The molecule has 1 aromatic heterocycles. The van der Waals surface area contributed by atoms with E-state index in [1.54, 1.807) is 24.3 Å². The molecule has 0 fully saturated rings. The van der Waals surface area contributed by atoms with E-state index >= 15 is 0 Å². The van der Waals surface area contributed by atoms with Crippen LogP contribution in [0, 0.1) is 0 Å². The number of nitrogen functional groups attached to an aromatic ring is 1. The summed E-state index contributed by atoms with van der Waals surface area (Å²) in [7, 11) is 0. The Bertz CT molecular complexity index is 468. The van der Waals surface area contributed by atoms with Crippen molar-refractivity contribution in [2.45, 2.75) is 0 Å². The molecule has 0 saturated carbocycles. The number of hydrogen-bond donors (Lipinski definition) is 2. The molecule has 0 aliphatic rings. The van der Waals surface area contributed by atoms with Gasteiger partial charge in [0.2, 0.25) is 0 Å². The number of benzene rings is 1. The maximum absolute atomic E-state index is 9.55. The predicted molar refractivity (Wildman–Crippen MR) is 55.7 cm³/mol. The van der Waals surface area contributed by atoms with Gasteiger partial charge in [-0.2, -0.15) is 0 Å². The number of nitrogens with two attached hydrogens (primary N) is 1. The van der Waals surface area contributed by atoms with E-state index in [2.05, 4.69) is 21.1 Å². The second kappa shape index (κ2) is 3.34. The maximum Gasteiger partial charge on any atom is 0.172 e. The minimum atomic E-state index is 0.129. The lowest BCUT2D eigenvalue weighted by Crippen LogP contribution is -1.80. The van der Waals surface area contributed by atoms with Crippen molar-refractivity contribution >= 4 is 21.7 Å². The molecular formula is C9H7BrN2O2. The largest absolute Gasteiger partial charge is 0.507 e. The summed E-state index contributed by atoms with van der Waals surface area (Å²) in [6.45, 7) is 0. The molecule has 0 amide bonds. The van der Waals surface area contributed by atoms with Gasteiger partial charge < -0.3 is 15.4 Å². The summed E-state index contributed by atoms with van der Waals surface area (Å²) in [5.74, 6) is 0.866. The fourth-order valence-electron chi connectivity index (χ4n) is 1.12. The smallest absolute Gasteiger partial charge is 0.172 e. The van der Waals surface area contributed by atoms with Gasteiger partial charge in [0.25, 0.3) is 0 Å². The molecule has 0 bridgehead atoms. The molecule has 4 nitrogen and oxygen atoms in total. The van der Waals surface area contributed by atoms with Crippen molar-refractivity contribution in [2.24, 2.45) is 0 Å². The molecule has 1 heterocycles. The first-order valence-corrected chi connectivity index (χ1v) is 4.67. The normalized spacial score (nSPS) is 10.4. The molecule has 5 heteroatoms. The van der Waals surface area contributed by atoms with Crippen molar-refractivity contribution in [3.05, 3.63) is 28.7 Å². The summed E-state index contributed by atoms with van der Waals surface area (Å²) < 4.78 is 5.78. The number of phenolic OH excluding ortho intramolecular Hbond substituents is 1. The Hall–Kier alpha value is -1.49. The third-order valence-corrected chi connectivity index (χ3v) is 2.25. The lowest BCUT2D eigenvalue weighted by atomic mass is 10.1. The first-order chi connectivity index (χ1) is 6.66. The van der Waals surface area contributed by atoms with Crippen molar-refractivity contribution in [3.8, 4) is 17.1 Å². The van der Waals surface area contributed by atoms with Gasteiger partial charge in [-0.1, -0.05) is 21.1 Å². The summed E-state index contributed by atoms with van der Waals surface area (Å²) >= 11 is 3.30. The van der Waals surface area contributed by atoms with Gasteiger partial charge in [-0.05, 0) is 18.2 Å². The molecule has 1 aromatic carbocycles. The minimum absolute atomic E-state index is 0.129. The predicted octanol–water partition coefficient (Wildman–Crippen LogP) is 2.39. The number of anilines is 1. The van der Waals surface area contributed by atoms with Crippen LogP contribution in [-0.2, 0) is 0 Å². The molecule has 0 atom stereocenters. The molecule has 14 heavy (non-hydrogen) atoms. The van der Waals surface area contributed by atoms with Gasteiger partial charge in [-0.15, -0.1) is 0 Å². The fraction of sp³-hybridized carbons (Fsp3) is 0. The molecule has 0 aliphatic carbocycles. The number of phenols is 1. The highest BCUT2D eigenvalue weighted by atomic mass is 79.9. The van der Waals surface area contributed by atoms with Crippen LogP contribution in [0.25, 0.3) is 11.3 Å². The van der Waals surface area contributed by atoms with Crippen molar-refractivity contribution in [3.63, 3.8) is 0 Å². The van der Waals surface area contributed by atoms with Crippen LogP contribution in [0.2, 0.25) is 0 Å². The van der Waals surface area contributed by atoms with Crippen molar-refractivity contribution in [1.29, 1.82) is 0 Å². The average Bonchev–Trinajstić information content (AvgIpc) is 2.56. The third kappa shape index (κ3) is 1.58. The highest BCUT2D eigenvalue weighted by Crippen LogP contribution is 2.32. The molecule has 0 unspecified atom stereocenters. The van der Waals surface area contributed by atoms with Crippen molar-refractivity contribution in [2.75, 3.05) is 5.73 Å². The lowest BCUT2D eigenvalue weighted by molar-refractivity contribution is 0.429. The summed E-state index contributed by atoms with van der Waals surface area (Å²) in [4.78, 5) is 0. The number of hydrogen-bond acceptors (Lipinski definition) is 4. The zero-order chi connectivity index (χ0) is 10.1. The summed E-state index contributed by atoms with van der Waals surface area (Å²) in [6, 6.07) is 6.59. The Labute approximate surface area is 88.5 Å². The Morgan fingerprint density at radius 2 is 2.14 bits per heavy atom. The number of halogens is 1. The molecule has 3 N–H and O–H groups in total. The molecule has 0 aliphatic heterocycles. The van der Waals surface area contributed by atoms with Gasteiger partial charge in [-0.25, -0.2) is 0 Å². The first-order valence-electron chi connectivity index (χ1n) is 3.88. The van der Waals surface area contributed by atoms with Crippen LogP contribution in [0.5, 0.6) is 5.75 Å². The van der Waals surface area contributed by atoms with E-state index in [4.69, 9.17) is 10.3 Å². The van der Waals surface area contributed by atoms with Gasteiger partial charge in [0, 0.05) is 10.5 Å². The van der Waals surface area contributed by atoms with E-state index in [-0.39, 0.29) is 5.75 Å². The van der Waals surface area contributed by atoms with Crippen LogP contribution in [0.15, 0.2) is 33.3 Å². The average molecular weight is 255 g/mol. The van der Waals surface area contributed by atoms with Crippen LogP contribution in [-0.4, -0.2) is 10.3 Å². The van der Waals surface area contributed by atoms with Crippen LogP contribution in [0.1, 0.15) is 0 Å². The van der Waals surface area contributed by atoms with Crippen LogP contribution < -0.4 is 5.73 Å². The third-order valence-electron chi connectivity index (χ3n) is 1.75. The van der Waals surface area contributed by atoms with Gasteiger partial charge in [-0.3, -0.25) is 0 Å². The number of nitrogens with zero attached hydrogens (tertiary/aromatic N) is 1. The van der Waals surface area contributed by atoms with Gasteiger partial charge >= 0.3 is 0 Å². The molecule has 0 saturated heterocycles. The van der Waals surface area contributed by atoms with E-state index < -0.39 is 0 Å². The summed E-state index contributed by atoms with van der Waals surface area (Å²) in [5, 5.41) is 13.1. The fourth-order valence-corrected chi connectivity index (χ4v) is 1.48.